The van der Waals surface area contributed by atoms with Crippen LogP contribution in [0.2, 0.25) is 10.0 Å². The molecule has 0 N–H and O–H groups in total. The summed E-state index contributed by atoms with van der Waals surface area (Å²) in [6.45, 7) is 2.59. The van der Waals surface area contributed by atoms with Crippen LogP contribution in [0.1, 0.15) is 19.8 Å². The van der Waals surface area contributed by atoms with Crippen molar-refractivity contribution in [3.63, 3.8) is 0 Å². The van der Waals surface area contributed by atoms with Gasteiger partial charge in [-0.2, -0.15) is 4.68 Å². The summed E-state index contributed by atoms with van der Waals surface area (Å²) in [4.78, 5) is 27.2. The molecule has 2 aromatic rings. The Hall–Kier alpha value is -1.95. The maximum atomic E-state index is 13.0. The first-order chi connectivity index (χ1) is 13.6. The number of nitrogens with zero attached hydrogens (tertiary/aromatic N) is 6. The fourth-order valence-electron chi connectivity index (χ4n) is 3.35. The van der Waals surface area contributed by atoms with Crippen LogP contribution in [0.4, 0.5) is 4.79 Å². The van der Waals surface area contributed by atoms with Crippen LogP contribution in [0.5, 0.6) is 0 Å². The second kappa shape index (κ2) is 8.42. The summed E-state index contributed by atoms with van der Waals surface area (Å²) in [5.74, 6) is 0. The van der Waals surface area contributed by atoms with Gasteiger partial charge in [0, 0.05) is 25.7 Å². The van der Waals surface area contributed by atoms with E-state index in [9.17, 15) is 18.0 Å². The molecule has 1 amide bonds. The van der Waals surface area contributed by atoms with Gasteiger partial charge in [0.15, 0.2) is 0 Å². The van der Waals surface area contributed by atoms with E-state index in [1.54, 1.807) is 13.0 Å². The molecule has 2 heterocycles. The molecule has 10 nitrogen and oxygen atoms in total. The summed E-state index contributed by atoms with van der Waals surface area (Å²) >= 11 is 12.2. The Balaban J connectivity index is 1.92. The van der Waals surface area contributed by atoms with E-state index in [4.69, 9.17) is 23.2 Å². The van der Waals surface area contributed by atoms with Crippen molar-refractivity contribution in [2.45, 2.75) is 25.8 Å². The number of amides is 1. The highest BCUT2D eigenvalue weighted by atomic mass is 35.5. The lowest BCUT2D eigenvalue weighted by atomic mass is 10.1. The molecular weight excluding hydrogens is 443 g/mol. The molecule has 0 aliphatic carbocycles. The second-order valence-corrected chi connectivity index (χ2v) is 9.44. The Morgan fingerprint density at radius 2 is 1.93 bits per heavy atom. The Morgan fingerprint density at radius 3 is 2.52 bits per heavy atom. The molecule has 0 bridgehead atoms. The van der Waals surface area contributed by atoms with Crippen molar-refractivity contribution in [2.75, 3.05) is 25.9 Å². The number of halogens is 2. The molecule has 1 aliphatic heterocycles. The van der Waals surface area contributed by atoms with Crippen molar-refractivity contribution in [1.82, 2.24) is 29.0 Å². The standard InChI is InChI=1S/C16H20Cl2N6O4S/c1-3-22(11-6-5-9-21(10-11)29(2,27)28)15(25)24-16(26)23(19-20-24)14-12(17)7-4-8-13(14)18/h4,7-8,11H,3,5-6,9-10H2,1-2H3. The molecule has 1 fully saturated rings. The van der Waals surface area contributed by atoms with Gasteiger partial charge in [0.1, 0.15) is 5.69 Å². The van der Waals surface area contributed by atoms with E-state index in [1.165, 1.54) is 21.3 Å². The number of rotatable bonds is 4. The molecule has 158 valence electrons. The Kier molecular flexibility index (Phi) is 6.32. The van der Waals surface area contributed by atoms with Crippen LogP contribution in [-0.4, -0.2) is 75.4 Å². The number of sulfonamides is 1. The van der Waals surface area contributed by atoms with E-state index in [-0.39, 0.29) is 34.9 Å². The number of hydrogen-bond acceptors (Lipinski definition) is 6. The smallest absolute Gasteiger partial charge is 0.319 e. The lowest BCUT2D eigenvalue weighted by Crippen LogP contribution is -2.53. The highest BCUT2D eigenvalue weighted by Gasteiger charge is 2.33. The van der Waals surface area contributed by atoms with Crippen LogP contribution < -0.4 is 5.69 Å². The average molecular weight is 463 g/mol. The van der Waals surface area contributed by atoms with Crippen molar-refractivity contribution in [1.29, 1.82) is 0 Å². The number of aromatic nitrogens is 4. The summed E-state index contributed by atoms with van der Waals surface area (Å²) in [6.07, 6.45) is 2.36. The first kappa shape index (κ1) is 21.8. The minimum Gasteiger partial charge on any atom is -0.319 e. The zero-order valence-corrected chi connectivity index (χ0v) is 18.2. The zero-order chi connectivity index (χ0) is 21.3. The van der Waals surface area contributed by atoms with E-state index in [0.717, 1.165) is 10.9 Å². The largest absolute Gasteiger partial charge is 0.377 e. The highest BCUT2D eigenvalue weighted by Crippen LogP contribution is 2.26. The molecule has 1 unspecified atom stereocenters. The van der Waals surface area contributed by atoms with Gasteiger partial charge in [0.25, 0.3) is 0 Å². The topological polar surface area (TPSA) is 110 Å². The van der Waals surface area contributed by atoms with Gasteiger partial charge in [-0.25, -0.2) is 22.3 Å². The minimum atomic E-state index is -3.38. The molecule has 1 aliphatic rings. The van der Waals surface area contributed by atoms with E-state index in [0.29, 0.717) is 24.1 Å². The summed E-state index contributed by atoms with van der Waals surface area (Å²) in [6, 6.07) is 3.63. The molecule has 0 spiro atoms. The third-order valence-electron chi connectivity index (χ3n) is 4.77. The molecule has 1 saturated heterocycles. The lowest BCUT2D eigenvalue weighted by molar-refractivity contribution is 0.144. The SMILES string of the molecule is CCN(C(=O)n1nnn(-c2c(Cl)cccc2Cl)c1=O)C1CCCN(S(C)(=O)=O)C1. The third kappa shape index (κ3) is 4.32. The zero-order valence-electron chi connectivity index (χ0n) is 15.8. The van der Waals surface area contributed by atoms with Crippen molar-refractivity contribution in [3.8, 4) is 5.69 Å². The molecule has 13 heteroatoms. The third-order valence-corrected chi connectivity index (χ3v) is 6.65. The first-order valence-corrected chi connectivity index (χ1v) is 11.5. The van der Waals surface area contributed by atoms with Crippen molar-refractivity contribution in [2.24, 2.45) is 0 Å². The van der Waals surface area contributed by atoms with Gasteiger partial charge < -0.3 is 4.90 Å². The quantitative estimate of drug-likeness (QED) is 0.635. The van der Waals surface area contributed by atoms with Gasteiger partial charge in [0.05, 0.1) is 16.3 Å². The number of piperidine rings is 1. The van der Waals surface area contributed by atoms with Crippen LogP contribution in [0.15, 0.2) is 23.0 Å². The van der Waals surface area contributed by atoms with Gasteiger partial charge in [-0.3, -0.25) is 0 Å². The molecule has 0 saturated carbocycles. The van der Waals surface area contributed by atoms with Gasteiger partial charge >= 0.3 is 11.7 Å². The van der Waals surface area contributed by atoms with Crippen LogP contribution >= 0.6 is 23.2 Å². The van der Waals surface area contributed by atoms with Crippen LogP contribution in [-0.2, 0) is 10.0 Å². The Bertz CT molecular complexity index is 1060. The average Bonchev–Trinajstić information content (AvgIpc) is 3.03. The monoisotopic (exact) mass is 462 g/mol. The van der Waals surface area contributed by atoms with Crippen LogP contribution in [0.25, 0.3) is 5.69 Å². The predicted octanol–water partition coefficient (Wildman–Crippen LogP) is 1.45. The molecule has 1 aromatic heterocycles. The fraction of sp³-hybridized carbons (Fsp3) is 0.500. The van der Waals surface area contributed by atoms with Crippen LogP contribution in [0.3, 0.4) is 0 Å². The molecule has 0 radical (unpaired) electrons. The van der Waals surface area contributed by atoms with Gasteiger partial charge in [-0.05, 0) is 42.3 Å². The van der Waals surface area contributed by atoms with Gasteiger partial charge in [-0.15, -0.1) is 4.68 Å². The van der Waals surface area contributed by atoms with E-state index in [2.05, 4.69) is 10.4 Å². The molecule has 3 rings (SSSR count). The number of carbonyl (C=O) groups excluding carboxylic acids is 1. The summed E-state index contributed by atoms with van der Waals surface area (Å²) in [5, 5.41) is 7.79. The number of likely N-dealkylation sites (N-methyl/N-ethyl adjacent to an activating group) is 1. The van der Waals surface area contributed by atoms with E-state index >= 15 is 0 Å². The number of hydrogen-bond donors (Lipinski definition) is 0. The summed E-state index contributed by atoms with van der Waals surface area (Å²) in [7, 11) is -3.38. The fourth-order valence-corrected chi connectivity index (χ4v) is 4.81. The number of benzene rings is 1. The normalized spacial score (nSPS) is 18.0. The summed E-state index contributed by atoms with van der Waals surface area (Å²) in [5.41, 5.74) is -0.692. The van der Waals surface area contributed by atoms with Crippen molar-refractivity contribution < 1.29 is 13.2 Å². The van der Waals surface area contributed by atoms with Gasteiger partial charge in [0.2, 0.25) is 10.0 Å². The van der Waals surface area contributed by atoms with Crippen molar-refractivity contribution in [3.05, 3.63) is 38.7 Å². The van der Waals surface area contributed by atoms with Crippen molar-refractivity contribution >= 4 is 39.3 Å². The maximum absolute atomic E-state index is 13.0. The number of tetrazole rings is 1. The minimum absolute atomic E-state index is 0.129. The van der Waals surface area contributed by atoms with Crippen LogP contribution in [0, 0.1) is 0 Å². The Labute approximate surface area is 177 Å². The lowest BCUT2D eigenvalue weighted by Gasteiger charge is -2.37. The summed E-state index contributed by atoms with van der Waals surface area (Å²) < 4.78 is 26.6. The van der Waals surface area contributed by atoms with Gasteiger partial charge in [-0.1, -0.05) is 29.3 Å². The van der Waals surface area contributed by atoms with E-state index in [1.807, 2.05) is 0 Å². The highest BCUT2D eigenvalue weighted by molar-refractivity contribution is 7.88. The second-order valence-electron chi connectivity index (χ2n) is 6.64. The van der Waals surface area contributed by atoms with E-state index < -0.39 is 21.7 Å². The number of para-hydroxylation sites is 1. The molecule has 29 heavy (non-hydrogen) atoms. The Morgan fingerprint density at radius 1 is 1.28 bits per heavy atom. The molecule has 1 atom stereocenters. The predicted molar refractivity (Wildman–Crippen MR) is 108 cm³/mol. The number of carbonyl (C=O) groups is 1. The maximum Gasteiger partial charge on any atom is 0.377 e. The molecule has 1 aromatic carbocycles. The molecular formula is C16H20Cl2N6O4S. The first-order valence-electron chi connectivity index (χ1n) is 8.90.